The molecule has 0 heterocycles. The molecule has 1 amide bonds. The van der Waals surface area contributed by atoms with Crippen molar-refractivity contribution in [1.29, 1.82) is 0 Å². The Morgan fingerprint density at radius 1 is 1.47 bits per heavy atom. The topological polar surface area (TPSA) is 64.3 Å². The highest BCUT2D eigenvalue weighted by Gasteiger charge is 2.16. The number of rotatable bonds is 6. The SMILES string of the molecule is COc1cccc(NC(CC(C)C)C(N)=O)c1. The van der Waals surface area contributed by atoms with E-state index in [-0.39, 0.29) is 11.9 Å². The van der Waals surface area contributed by atoms with Gasteiger partial charge in [-0.3, -0.25) is 4.79 Å². The molecule has 0 fully saturated rings. The lowest BCUT2D eigenvalue weighted by Crippen LogP contribution is -2.36. The number of nitrogens with one attached hydrogen (secondary N) is 1. The highest BCUT2D eigenvalue weighted by molar-refractivity contribution is 5.83. The van der Waals surface area contributed by atoms with Crippen LogP contribution in [0.2, 0.25) is 0 Å². The van der Waals surface area contributed by atoms with Crippen LogP contribution in [0, 0.1) is 5.92 Å². The average molecular weight is 236 g/mol. The normalized spacial score (nSPS) is 12.2. The molecule has 0 saturated heterocycles. The molecule has 1 aromatic rings. The van der Waals surface area contributed by atoms with Crippen LogP contribution >= 0.6 is 0 Å². The Balaban J connectivity index is 2.74. The predicted octanol–water partition coefficient (Wildman–Crippen LogP) is 2.01. The number of hydrogen-bond donors (Lipinski definition) is 2. The van der Waals surface area contributed by atoms with Crippen LogP contribution in [-0.2, 0) is 4.79 Å². The molecule has 94 valence electrons. The lowest BCUT2D eigenvalue weighted by Gasteiger charge is -2.18. The first-order valence-electron chi connectivity index (χ1n) is 5.73. The molecule has 4 heteroatoms. The van der Waals surface area contributed by atoms with Gasteiger partial charge in [0, 0.05) is 11.8 Å². The third kappa shape index (κ3) is 4.34. The van der Waals surface area contributed by atoms with Crippen LogP contribution in [0.4, 0.5) is 5.69 Å². The van der Waals surface area contributed by atoms with Gasteiger partial charge in [-0.2, -0.15) is 0 Å². The fourth-order valence-electron chi connectivity index (χ4n) is 1.63. The maximum absolute atomic E-state index is 11.3. The number of nitrogens with two attached hydrogens (primary N) is 1. The number of methoxy groups -OCH3 is 1. The maximum Gasteiger partial charge on any atom is 0.239 e. The molecule has 17 heavy (non-hydrogen) atoms. The number of benzene rings is 1. The third-order valence-electron chi connectivity index (χ3n) is 2.46. The van der Waals surface area contributed by atoms with Gasteiger partial charge in [0.25, 0.3) is 0 Å². The highest BCUT2D eigenvalue weighted by atomic mass is 16.5. The summed E-state index contributed by atoms with van der Waals surface area (Å²) in [6.45, 7) is 4.12. The summed E-state index contributed by atoms with van der Waals surface area (Å²) in [4.78, 5) is 11.3. The van der Waals surface area contributed by atoms with E-state index in [1.807, 2.05) is 24.3 Å². The fourth-order valence-corrected chi connectivity index (χ4v) is 1.63. The minimum atomic E-state index is -0.345. The Morgan fingerprint density at radius 2 is 2.18 bits per heavy atom. The van der Waals surface area contributed by atoms with Gasteiger partial charge in [0.05, 0.1) is 7.11 Å². The van der Waals surface area contributed by atoms with Crippen molar-refractivity contribution >= 4 is 11.6 Å². The molecule has 1 rings (SSSR count). The van der Waals surface area contributed by atoms with Crippen molar-refractivity contribution < 1.29 is 9.53 Å². The van der Waals surface area contributed by atoms with Crippen LogP contribution in [0.3, 0.4) is 0 Å². The second-order valence-corrected chi connectivity index (χ2v) is 4.46. The van der Waals surface area contributed by atoms with Gasteiger partial charge in [-0.15, -0.1) is 0 Å². The van der Waals surface area contributed by atoms with Crippen molar-refractivity contribution in [3.63, 3.8) is 0 Å². The largest absolute Gasteiger partial charge is 0.497 e. The van der Waals surface area contributed by atoms with Gasteiger partial charge >= 0.3 is 0 Å². The van der Waals surface area contributed by atoms with Crippen molar-refractivity contribution in [3.8, 4) is 5.75 Å². The standard InChI is InChI=1S/C13H20N2O2/c1-9(2)7-12(13(14)16)15-10-5-4-6-11(8-10)17-3/h4-6,8-9,12,15H,7H2,1-3H3,(H2,14,16). The summed E-state index contributed by atoms with van der Waals surface area (Å²) in [5, 5.41) is 3.13. The highest BCUT2D eigenvalue weighted by Crippen LogP contribution is 2.19. The molecule has 1 aromatic carbocycles. The van der Waals surface area contributed by atoms with Gasteiger partial charge in [0.15, 0.2) is 0 Å². The molecule has 0 saturated carbocycles. The molecule has 1 atom stereocenters. The molecule has 0 aromatic heterocycles. The number of ether oxygens (including phenoxy) is 1. The van der Waals surface area contributed by atoms with Gasteiger partial charge in [-0.25, -0.2) is 0 Å². The van der Waals surface area contributed by atoms with Gasteiger partial charge in [-0.1, -0.05) is 19.9 Å². The first kappa shape index (κ1) is 13.4. The zero-order valence-electron chi connectivity index (χ0n) is 10.6. The summed E-state index contributed by atoms with van der Waals surface area (Å²) in [7, 11) is 1.61. The Morgan fingerprint density at radius 3 is 2.71 bits per heavy atom. The zero-order valence-corrected chi connectivity index (χ0v) is 10.6. The molecular weight excluding hydrogens is 216 g/mol. The van der Waals surface area contributed by atoms with E-state index < -0.39 is 0 Å². The van der Waals surface area contributed by atoms with Crippen molar-refractivity contribution in [2.24, 2.45) is 11.7 Å². The van der Waals surface area contributed by atoms with Gasteiger partial charge < -0.3 is 15.8 Å². The number of hydrogen-bond acceptors (Lipinski definition) is 3. The van der Waals surface area contributed by atoms with Crippen molar-refractivity contribution in [2.75, 3.05) is 12.4 Å². The van der Waals surface area contributed by atoms with Crippen LogP contribution in [-0.4, -0.2) is 19.1 Å². The Kier molecular flexibility index (Phi) is 4.82. The predicted molar refractivity (Wildman–Crippen MR) is 69.1 cm³/mol. The molecule has 3 N–H and O–H groups in total. The number of anilines is 1. The fraction of sp³-hybridized carbons (Fsp3) is 0.462. The second-order valence-electron chi connectivity index (χ2n) is 4.46. The van der Waals surface area contributed by atoms with Crippen LogP contribution in [0.15, 0.2) is 24.3 Å². The van der Waals surface area contributed by atoms with Crippen LogP contribution in [0.1, 0.15) is 20.3 Å². The van der Waals surface area contributed by atoms with E-state index in [1.165, 1.54) is 0 Å². The lowest BCUT2D eigenvalue weighted by molar-refractivity contribution is -0.119. The summed E-state index contributed by atoms with van der Waals surface area (Å²) < 4.78 is 5.12. The number of amides is 1. The monoisotopic (exact) mass is 236 g/mol. The van der Waals surface area contributed by atoms with E-state index in [0.717, 1.165) is 11.4 Å². The van der Waals surface area contributed by atoms with E-state index in [2.05, 4.69) is 19.2 Å². The second kappa shape index (κ2) is 6.13. The van der Waals surface area contributed by atoms with Crippen molar-refractivity contribution in [1.82, 2.24) is 0 Å². The van der Waals surface area contributed by atoms with Crippen molar-refractivity contribution in [2.45, 2.75) is 26.3 Å². The quantitative estimate of drug-likeness (QED) is 0.794. The molecule has 0 radical (unpaired) electrons. The Bertz CT molecular complexity index is 377. The summed E-state index contributed by atoms with van der Waals surface area (Å²) in [6.07, 6.45) is 0.715. The Hall–Kier alpha value is -1.71. The number of carbonyl (C=O) groups is 1. The summed E-state index contributed by atoms with van der Waals surface area (Å²) in [5.74, 6) is 0.829. The summed E-state index contributed by atoms with van der Waals surface area (Å²) >= 11 is 0. The first-order chi connectivity index (χ1) is 8.02. The van der Waals surface area contributed by atoms with E-state index in [0.29, 0.717) is 12.3 Å². The summed E-state index contributed by atoms with van der Waals surface area (Å²) in [6, 6.07) is 7.11. The smallest absolute Gasteiger partial charge is 0.239 e. The van der Waals surface area contributed by atoms with E-state index in [9.17, 15) is 4.79 Å². The van der Waals surface area contributed by atoms with Gasteiger partial charge in [0.2, 0.25) is 5.91 Å². The third-order valence-corrected chi connectivity index (χ3v) is 2.46. The van der Waals surface area contributed by atoms with Gasteiger partial charge in [0.1, 0.15) is 11.8 Å². The molecule has 1 unspecified atom stereocenters. The van der Waals surface area contributed by atoms with Crippen molar-refractivity contribution in [3.05, 3.63) is 24.3 Å². The zero-order chi connectivity index (χ0) is 12.8. The van der Waals surface area contributed by atoms with E-state index >= 15 is 0 Å². The molecular formula is C13H20N2O2. The average Bonchev–Trinajstić information content (AvgIpc) is 2.27. The molecule has 0 aliphatic heterocycles. The molecule has 0 spiro atoms. The molecule has 4 nitrogen and oxygen atoms in total. The number of primary amides is 1. The lowest BCUT2D eigenvalue weighted by atomic mass is 10.0. The first-order valence-corrected chi connectivity index (χ1v) is 5.73. The van der Waals surface area contributed by atoms with E-state index in [4.69, 9.17) is 10.5 Å². The molecule has 0 aliphatic rings. The van der Waals surface area contributed by atoms with E-state index in [1.54, 1.807) is 7.11 Å². The minimum Gasteiger partial charge on any atom is -0.497 e. The van der Waals surface area contributed by atoms with Crippen LogP contribution in [0.5, 0.6) is 5.75 Å². The van der Waals surface area contributed by atoms with Gasteiger partial charge in [-0.05, 0) is 24.5 Å². The maximum atomic E-state index is 11.3. The van der Waals surface area contributed by atoms with Crippen LogP contribution in [0.25, 0.3) is 0 Å². The van der Waals surface area contributed by atoms with Crippen LogP contribution < -0.4 is 15.8 Å². The molecule has 0 bridgehead atoms. The Labute approximate surface area is 102 Å². The molecule has 0 aliphatic carbocycles. The number of carbonyl (C=O) groups excluding carboxylic acids is 1. The minimum absolute atomic E-state index is 0.332. The summed E-state index contributed by atoms with van der Waals surface area (Å²) in [5.41, 5.74) is 6.21.